The van der Waals surface area contributed by atoms with E-state index in [2.05, 4.69) is 209 Å². The van der Waals surface area contributed by atoms with E-state index in [1.54, 1.807) is 27.1 Å². The minimum absolute atomic E-state index is 0.169. The Morgan fingerprint density at radius 1 is 0.462 bits per heavy atom. The van der Waals surface area contributed by atoms with E-state index in [1.807, 2.05) is 0 Å². The van der Waals surface area contributed by atoms with E-state index in [0.29, 0.717) is 15.5 Å². The normalized spacial score (nSPS) is 15.1. The standard InChI is InChI=1S/C42H75BBr2Si7/c1-31-27-32(2)38(33(3)28-31)52(45,43(44)35-25-23-22-24-26-35)39-36(41(48(10,11)12)49(13,14)15)29-34(40(46(4,5)6)47(7,8)9)30-37(39)42(50(16,17)18)51(19,20)21/h22-30,40-42H,1-21H3. The molecule has 0 heterocycles. The van der Waals surface area contributed by atoms with Gasteiger partial charge in [-0.25, -0.2) is 0 Å². The number of rotatable bonds is 13. The Labute approximate surface area is 346 Å². The maximum atomic E-state index is 5.05. The van der Waals surface area contributed by atoms with Crippen molar-refractivity contribution in [3.63, 3.8) is 0 Å². The second kappa shape index (κ2) is 15.9. The molecule has 0 N–H and O–H groups in total. The minimum atomic E-state index is -2.80. The van der Waals surface area contributed by atoms with E-state index < -0.39 is 55.0 Å². The molecule has 0 amide bonds. The lowest BCUT2D eigenvalue weighted by Crippen LogP contribution is -2.71. The largest absolute Gasteiger partial charge is 0.269 e. The molecule has 3 aromatic carbocycles. The van der Waals surface area contributed by atoms with E-state index in [4.69, 9.17) is 15.3 Å². The van der Waals surface area contributed by atoms with Gasteiger partial charge in [-0.1, -0.05) is 195 Å². The van der Waals surface area contributed by atoms with Crippen molar-refractivity contribution in [2.45, 2.75) is 154 Å². The van der Waals surface area contributed by atoms with Crippen molar-refractivity contribution in [2.75, 3.05) is 0 Å². The van der Waals surface area contributed by atoms with Crippen molar-refractivity contribution >= 4 is 107 Å². The summed E-state index contributed by atoms with van der Waals surface area (Å²) in [5, 5.41) is 5.47. The van der Waals surface area contributed by atoms with Crippen molar-refractivity contribution in [1.82, 2.24) is 0 Å². The van der Waals surface area contributed by atoms with Crippen LogP contribution in [0.15, 0.2) is 54.6 Å². The molecule has 10 heteroatoms. The van der Waals surface area contributed by atoms with Gasteiger partial charge in [-0.2, -0.15) is 15.8 Å². The van der Waals surface area contributed by atoms with Gasteiger partial charge in [-0.05, 0) is 63.3 Å². The van der Waals surface area contributed by atoms with Crippen molar-refractivity contribution in [1.29, 1.82) is 0 Å². The molecular formula is C42H75BBr2Si7. The first-order valence-corrected chi connectivity index (χ1v) is 46.5. The summed E-state index contributed by atoms with van der Waals surface area (Å²) in [7, 11) is -10.1. The smallest absolute Gasteiger partial charge is 0.152 e. The van der Waals surface area contributed by atoms with Gasteiger partial charge in [-0.3, -0.25) is 0 Å². The maximum Gasteiger partial charge on any atom is 0.269 e. The highest BCUT2D eigenvalue weighted by atomic mass is 79.9. The zero-order valence-electron chi connectivity index (χ0n) is 37.3. The first-order valence-electron chi connectivity index (χ1n) is 19.8. The predicted molar refractivity (Wildman–Crippen MR) is 270 cm³/mol. The monoisotopic (exact) mass is 944 g/mol. The fourth-order valence-corrected chi connectivity index (χ4v) is 59.9. The first-order chi connectivity index (χ1) is 23.2. The lowest BCUT2D eigenvalue weighted by molar-refractivity contribution is 1.10. The Morgan fingerprint density at radius 3 is 1.10 bits per heavy atom. The molecule has 0 aliphatic rings. The SMILES string of the molecule is Cc1cc(C)c([Si](Br)(B(Br)c2ccccc2)c2c(C([Si](C)(C)C)[Si](C)(C)C)cc(C([Si](C)(C)C)[Si](C)(C)C)cc2C([Si](C)(C)C)[Si](C)(C)C)c(C)c1. The minimum Gasteiger partial charge on any atom is -0.152 e. The summed E-state index contributed by atoms with van der Waals surface area (Å²) in [6, 6.07) is 22.2. The molecule has 1 atom stereocenters. The van der Waals surface area contributed by atoms with Crippen LogP contribution in [-0.4, -0.2) is 60.1 Å². The van der Waals surface area contributed by atoms with Gasteiger partial charge in [0.25, 0.3) is 5.13 Å². The van der Waals surface area contributed by atoms with E-state index >= 15 is 0 Å². The summed E-state index contributed by atoms with van der Waals surface area (Å²) in [6.07, 6.45) is 0. The molecule has 0 bridgehead atoms. The molecule has 0 saturated carbocycles. The van der Waals surface area contributed by atoms with Crippen LogP contribution in [0.5, 0.6) is 0 Å². The lowest BCUT2D eigenvalue weighted by Gasteiger charge is -2.48. The van der Waals surface area contributed by atoms with Crippen LogP contribution in [0.1, 0.15) is 48.9 Å². The molecular weight excluding hydrogens is 872 g/mol. The predicted octanol–water partition coefficient (Wildman–Crippen LogP) is 13.0. The summed E-state index contributed by atoms with van der Waals surface area (Å²) < 4.78 is 0. The molecule has 288 valence electrons. The van der Waals surface area contributed by atoms with Gasteiger partial charge in [-0.15, -0.1) is 15.3 Å². The van der Waals surface area contributed by atoms with Crippen LogP contribution >= 0.6 is 31.0 Å². The summed E-state index contributed by atoms with van der Waals surface area (Å²) in [5.74, 6) is 0. The molecule has 0 radical (unpaired) electrons. The first kappa shape index (κ1) is 46.6. The number of aryl methyl sites for hydroxylation is 3. The number of hydrogen-bond donors (Lipinski definition) is 0. The molecule has 0 aromatic heterocycles. The summed E-state index contributed by atoms with van der Waals surface area (Å²) in [4.78, 5) is 0. The molecule has 0 aliphatic heterocycles. The van der Waals surface area contributed by atoms with Crippen LogP contribution in [0.25, 0.3) is 0 Å². The van der Waals surface area contributed by atoms with Crippen LogP contribution in [0.2, 0.25) is 118 Å². The Hall–Kier alpha value is 0.203. The van der Waals surface area contributed by atoms with E-state index in [9.17, 15) is 0 Å². The second-order valence-electron chi connectivity index (χ2n) is 22.8. The Balaban J connectivity index is 2.97. The molecule has 3 rings (SSSR count). The quantitative estimate of drug-likeness (QED) is 0.118. The second-order valence-corrected chi connectivity index (χ2v) is 64.9. The molecule has 0 aliphatic carbocycles. The van der Waals surface area contributed by atoms with Crippen LogP contribution in [0, 0.1) is 20.8 Å². The van der Waals surface area contributed by atoms with Gasteiger partial charge >= 0.3 is 0 Å². The van der Waals surface area contributed by atoms with Gasteiger partial charge in [0, 0.05) is 48.4 Å². The third-order valence-electron chi connectivity index (χ3n) is 11.2. The van der Waals surface area contributed by atoms with Crippen molar-refractivity contribution < 1.29 is 0 Å². The highest BCUT2D eigenvalue weighted by Crippen LogP contribution is 2.46. The molecule has 1 unspecified atom stereocenters. The number of benzene rings is 3. The van der Waals surface area contributed by atoms with Crippen molar-refractivity contribution in [3.8, 4) is 0 Å². The Bertz CT molecular complexity index is 1600. The van der Waals surface area contributed by atoms with Crippen LogP contribution < -0.4 is 15.8 Å². The average molecular weight is 947 g/mol. The maximum absolute atomic E-state index is 5.05. The summed E-state index contributed by atoms with van der Waals surface area (Å²) in [6.45, 7) is 52.6. The van der Waals surface area contributed by atoms with Gasteiger partial charge in [0.2, 0.25) is 0 Å². The average Bonchev–Trinajstić information content (AvgIpc) is 2.87. The highest BCUT2D eigenvalue weighted by molar-refractivity contribution is 9.36. The summed E-state index contributed by atoms with van der Waals surface area (Å²) >= 11 is 9.67. The Kier molecular flexibility index (Phi) is 14.2. The number of hydrogen-bond acceptors (Lipinski definition) is 0. The summed E-state index contributed by atoms with van der Waals surface area (Å²) in [5.41, 5.74) is 10.9. The van der Waals surface area contributed by atoms with Gasteiger partial charge in [0.1, 0.15) is 0 Å². The lowest BCUT2D eigenvalue weighted by atomic mass is 9.93. The van der Waals surface area contributed by atoms with Gasteiger partial charge < -0.3 is 0 Å². The highest BCUT2D eigenvalue weighted by Gasteiger charge is 2.55. The van der Waals surface area contributed by atoms with E-state index in [-0.39, 0.29) is 5.13 Å². The molecule has 0 saturated heterocycles. The van der Waals surface area contributed by atoms with Crippen LogP contribution in [0.4, 0.5) is 0 Å². The fraction of sp³-hybridized carbons (Fsp3) is 0.571. The zero-order valence-corrected chi connectivity index (χ0v) is 47.4. The molecule has 0 fully saturated rings. The molecule has 0 nitrogen and oxygen atoms in total. The number of halogens is 2. The molecule has 0 spiro atoms. The zero-order chi connectivity index (χ0) is 40.4. The van der Waals surface area contributed by atoms with Gasteiger partial charge in [0.15, 0.2) is 6.56 Å². The third kappa shape index (κ3) is 10.0. The van der Waals surface area contributed by atoms with Crippen molar-refractivity contribution in [2.24, 2.45) is 0 Å². The van der Waals surface area contributed by atoms with Crippen LogP contribution in [0.3, 0.4) is 0 Å². The van der Waals surface area contributed by atoms with Crippen molar-refractivity contribution in [3.05, 3.63) is 88.0 Å². The molecule has 3 aromatic rings. The van der Waals surface area contributed by atoms with Crippen LogP contribution in [-0.2, 0) is 0 Å². The third-order valence-corrected chi connectivity index (χ3v) is 51.1. The van der Waals surface area contributed by atoms with E-state index in [0.717, 1.165) is 0 Å². The topological polar surface area (TPSA) is 0 Å². The fourth-order valence-electron chi connectivity index (χ4n) is 11.5. The van der Waals surface area contributed by atoms with Gasteiger partial charge in [0.05, 0.1) is 0 Å². The van der Waals surface area contributed by atoms with E-state index in [1.165, 1.54) is 22.2 Å². The Morgan fingerprint density at radius 2 is 0.788 bits per heavy atom. The molecule has 52 heavy (non-hydrogen) atoms.